The smallest absolute Gasteiger partial charge is 0.270 e. The van der Waals surface area contributed by atoms with Crippen LogP contribution in [0.3, 0.4) is 0 Å². The lowest BCUT2D eigenvalue weighted by Crippen LogP contribution is -2.50. The number of nitro benzene ring substituents is 1. The van der Waals surface area contributed by atoms with Gasteiger partial charge in [-0.25, -0.2) is 4.98 Å². The second-order valence-corrected chi connectivity index (χ2v) is 6.52. The van der Waals surface area contributed by atoms with Crippen LogP contribution in [0.5, 0.6) is 0 Å². The van der Waals surface area contributed by atoms with Gasteiger partial charge in [0, 0.05) is 42.7 Å². The summed E-state index contributed by atoms with van der Waals surface area (Å²) in [6, 6.07) is 8.76. The maximum atomic E-state index is 10.9. The summed E-state index contributed by atoms with van der Waals surface area (Å²) in [6.07, 6.45) is 0. The van der Waals surface area contributed by atoms with Gasteiger partial charge in [0.1, 0.15) is 5.82 Å². The van der Waals surface area contributed by atoms with Crippen LogP contribution in [0.1, 0.15) is 19.4 Å². The Bertz CT molecular complexity index is 864. The van der Waals surface area contributed by atoms with E-state index in [4.69, 9.17) is 4.74 Å². The Balaban J connectivity index is 1.79. The molecule has 1 aliphatic rings. The van der Waals surface area contributed by atoms with Gasteiger partial charge < -0.3 is 10.1 Å². The predicted octanol–water partition coefficient (Wildman–Crippen LogP) is 2.54. The summed E-state index contributed by atoms with van der Waals surface area (Å²) in [5.74, 6) is 0.593. The lowest BCUT2D eigenvalue weighted by molar-refractivity contribution is -0.384. The van der Waals surface area contributed by atoms with E-state index in [1.54, 1.807) is 12.1 Å². The molecular formula is C18H21N5O3. The molecular weight excluding hydrogens is 334 g/mol. The number of nitriles is 1. The highest BCUT2D eigenvalue weighted by Crippen LogP contribution is 2.25. The zero-order valence-corrected chi connectivity index (χ0v) is 14.8. The van der Waals surface area contributed by atoms with E-state index >= 15 is 0 Å². The highest BCUT2D eigenvalue weighted by atomic mass is 16.6. The number of aromatic nitrogens is 1. The van der Waals surface area contributed by atoms with Crippen LogP contribution in [-0.2, 0) is 4.74 Å². The van der Waals surface area contributed by atoms with Crippen molar-refractivity contribution in [1.29, 1.82) is 5.26 Å². The van der Waals surface area contributed by atoms with Crippen molar-refractivity contribution in [3.8, 4) is 6.07 Å². The Morgan fingerprint density at radius 2 is 2.35 bits per heavy atom. The van der Waals surface area contributed by atoms with Crippen LogP contribution in [-0.4, -0.2) is 53.2 Å². The molecule has 0 spiro atoms. The number of fused-ring (bicyclic) bond motifs is 1. The monoisotopic (exact) mass is 355 g/mol. The fourth-order valence-corrected chi connectivity index (χ4v) is 3.27. The number of pyridine rings is 1. The molecule has 1 saturated heterocycles. The first kappa shape index (κ1) is 18.0. The first-order valence-electron chi connectivity index (χ1n) is 8.56. The molecule has 1 N–H and O–H groups in total. The highest BCUT2D eigenvalue weighted by Gasteiger charge is 2.23. The van der Waals surface area contributed by atoms with Crippen LogP contribution in [0.15, 0.2) is 24.3 Å². The SMILES string of the molecule is CC(CNc1cc(C#N)c2cc([N+](=O)[O-])ccc2n1)N1CCOCC1C. The van der Waals surface area contributed by atoms with Crippen LogP contribution in [0.25, 0.3) is 10.9 Å². The van der Waals surface area contributed by atoms with Crippen LogP contribution in [0, 0.1) is 21.4 Å². The summed E-state index contributed by atoms with van der Waals surface area (Å²) in [5.41, 5.74) is 0.879. The molecule has 1 aromatic heterocycles. The Morgan fingerprint density at radius 3 is 3.04 bits per heavy atom. The third kappa shape index (κ3) is 3.74. The van der Waals surface area contributed by atoms with Crippen molar-refractivity contribution in [2.24, 2.45) is 0 Å². The number of non-ortho nitro benzene ring substituents is 1. The Labute approximate surface area is 151 Å². The number of morpholine rings is 1. The number of hydrogen-bond donors (Lipinski definition) is 1. The van der Waals surface area contributed by atoms with E-state index in [1.165, 1.54) is 12.1 Å². The van der Waals surface area contributed by atoms with Crippen molar-refractivity contribution in [2.45, 2.75) is 25.9 Å². The molecule has 1 fully saturated rings. The maximum absolute atomic E-state index is 10.9. The van der Waals surface area contributed by atoms with Crippen molar-refractivity contribution in [3.63, 3.8) is 0 Å². The highest BCUT2D eigenvalue weighted by molar-refractivity contribution is 5.88. The zero-order chi connectivity index (χ0) is 18.7. The van der Waals surface area contributed by atoms with Crippen molar-refractivity contribution in [3.05, 3.63) is 39.9 Å². The third-order valence-corrected chi connectivity index (χ3v) is 4.69. The summed E-state index contributed by atoms with van der Waals surface area (Å²) in [4.78, 5) is 17.3. The Morgan fingerprint density at radius 1 is 1.54 bits per heavy atom. The van der Waals surface area contributed by atoms with Gasteiger partial charge >= 0.3 is 0 Å². The molecule has 0 saturated carbocycles. The van der Waals surface area contributed by atoms with Crippen molar-refractivity contribution in [2.75, 3.05) is 31.6 Å². The summed E-state index contributed by atoms with van der Waals surface area (Å²) in [6.45, 7) is 7.33. The van der Waals surface area contributed by atoms with E-state index in [2.05, 4.69) is 35.1 Å². The average molecular weight is 355 g/mol. The maximum Gasteiger partial charge on any atom is 0.270 e. The molecule has 136 valence electrons. The zero-order valence-electron chi connectivity index (χ0n) is 14.8. The largest absolute Gasteiger partial charge is 0.379 e. The van der Waals surface area contributed by atoms with Gasteiger partial charge in [0.25, 0.3) is 5.69 Å². The predicted molar refractivity (Wildman–Crippen MR) is 98.1 cm³/mol. The molecule has 0 amide bonds. The van der Waals surface area contributed by atoms with Gasteiger partial charge in [0.15, 0.2) is 0 Å². The molecule has 2 unspecified atom stereocenters. The number of nitrogens with zero attached hydrogens (tertiary/aromatic N) is 4. The Hall–Kier alpha value is -2.76. The van der Waals surface area contributed by atoms with Crippen molar-refractivity contribution in [1.82, 2.24) is 9.88 Å². The minimum atomic E-state index is -0.474. The number of hydrogen-bond acceptors (Lipinski definition) is 7. The molecule has 0 bridgehead atoms. The van der Waals surface area contributed by atoms with Gasteiger partial charge in [0.05, 0.1) is 35.3 Å². The van der Waals surface area contributed by atoms with Gasteiger partial charge in [-0.15, -0.1) is 0 Å². The quantitative estimate of drug-likeness (QED) is 0.649. The molecule has 1 aliphatic heterocycles. The van der Waals surface area contributed by atoms with Gasteiger partial charge in [-0.05, 0) is 26.0 Å². The van der Waals surface area contributed by atoms with E-state index in [-0.39, 0.29) is 11.7 Å². The number of benzene rings is 1. The second-order valence-electron chi connectivity index (χ2n) is 6.52. The van der Waals surface area contributed by atoms with Crippen LogP contribution < -0.4 is 5.32 Å². The minimum absolute atomic E-state index is 0.0496. The summed E-state index contributed by atoms with van der Waals surface area (Å²) < 4.78 is 5.47. The lowest BCUT2D eigenvalue weighted by Gasteiger charge is -2.37. The first-order chi connectivity index (χ1) is 12.5. The first-order valence-corrected chi connectivity index (χ1v) is 8.56. The molecule has 26 heavy (non-hydrogen) atoms. The van der Waals surface area contributed by atoms with Gasteiger partial charge in [-0.1, -0.05) is 0 Å². The molecule has 2 atom stereocenters. The third-order valence-electron chi connectivity index (χ3n) is 4.69. The number of anilines is 1. The molecule has 3 rings (SSSR count). The minimum Gasteiger partial charge on any atom is -0.379 e. The van der Waals surface area contributed by atoms with E-state index in [0.29, 0.717) is 34.9 Å². The van der Waals surface area contributed by atoms with E-state index in [9.17, 15) is 15.4 Å². The molecule has 8 nitrogen and oxygen atoms in total. The topological polar surface area (TPSA) is 104 Å². The standard InChI is InChI=1S/C18H21N5O3/c1-12(22-5-6-26-11-13(22)2)10-20-18-7-14(9-19)16-8-15(23(24)25)3-4-17(16)21-18/h3-4,7-8,12-13H,5-6,10-11H2,1-2H3,(H,20,21). The average Bonchev–Trinajstić information content (AvgIpc) is 2.65. The van der Waals surface area contributed by atoms with Gasteiger partial charge in [-0.2, -0.15) is 5.26 Å². The van der Waals surface area contributed by atoms with E-state index in [1.807, 2.05) is 0 Å². The normalized spacial score (nSPS) is 19.0. The fraction of sp³-hybridized carbons (Fsp3) is 0.444. The van der Waals surface area contributed by atoms with Crippen molar-refractivity contribution >= 4 is 22.4 Å². The number of rotatable bonds is 5. The van der Waals surface area contributed by atoms with Gasteiger partial charge in [0.2, 0.25) is 0 Å². The van der Waals surface area contributed by atoms with Crippen molar-refractivity contribution < 1.29 is 9.66 Å². The molecule has 2 aromatic rings. The number of ether oxygens (including phenoxy) is 1. The Kier molecular flexibility index (Phi) is 5.30. The van der Waals surface area contributed by atoms with Crippen LogP contribution in [0.2, 0.25) is 0 Å². The number of nitro groups is 1. The molecule has 0 aliphatic carbocycles. The van der Waals surface area contributed by atoms with Gasteiger partial charge in [-0.3, -0.25) is 15.0 Å². The molecule has 2 heterocycles. The molecule has 0 radical (unpaired) electrons. The van der Waals surface area contributed by atoms with Crippen LogP contribution in [0.4, 0.5) is 11.5 Å². The second kappa shape index (κ2) is 7.64. The van der Waals surface area contributed by atoms with E-state index < -0.39 is 4.92 Å². The fourth-order valence-electron chi connectivity index (χ4n) is 3.27. The molecule has 8 heteroatoms. The summed E-state index contributed by atoms with van der Waals surface area (Å²) in [7, 11) is 0. The van der Waals surface area contributed by atoms with E-state index in [0.717, 1.165) is 19.8 Å². The molecule has 1 aromatic carbocycles. The summed E-state index contributed by atoms with van der Waals surface area (Å²) in [5, 5.41) is 24.1. The number of nitrogens with one attached hydrogen (secondary N) is 1. The summed E-state index contributed by atoms with van der Waals surface area (Å²) >= 11 is 0. The lowest BCUT2D eigenvalue weighted by atomic mass is 10.1. The van der Waals surface area contributed by atoms with Crippen LogP contribution >= 0.6 is 0 Å².